The quantitative estimate of drug-likeness (QED) is 0.528. The third-order valence-electron chi connectivity index (χ3n) is 3.01. The Hall–Kier alpha value is -0.380. The zero-order valence-corrected chi connectivity index (χ0v) is 12.4. The average molecular weight is 257 g/mol. The maximum atomic E-state index is 9.71. The predicted octanol–water partition coefficient (Wildman–Crippen LogP) is 2.75. The maximum absolute atomic E-state index is 9.71. The summed E-state index contributed by atoms with van der Waals surface area (Å²) in [5, 5.41) is 12.8. The van der Waals surface area contributed by atoms with Crippen molar-refractivity contribution in [3.8, 4) is 0 Å². The van der Waals surface area contributed by atoms with Crippen molar-refractivity contribution in [2.75, 3.05) is 26.3 Å². The fourth-order valence-corrected chi connectivity index (χ4v) is 1.78. The summed E-state index contributed by atoms with van der Waals surface area (Å²) in [7, 11) is 0. The first-order chi connectivity index (χ1) is 8.60. The van der Waals surface area contributed by atoms with Crippen molar-refractivity contribution in [2.24, 2.45) is 5.92 Å². The van der Waals surface area contributed by atoms with E-state index in [1.807, 2.05) is 6.92 Å². The summed E-state index contributed by atoms with van der Waals surface area (Å²) in [6, 6.07) is 0. The van der Waals surface area contributed by atoms with Crippen LogP contribution in [0.1, 0.15) is 46.5 Å². The summed E-state index contributed by atoms with van der Waals surface area (Å²) < 4.78 is 5.59. The fourth-order valence-electron chi connectivity index (χ4n) is 1.78. The van der Waals surface area contributed by atoms with E-state index in [1.165, 1.54) is 19.3 Å². The molecule has 0 saturated carbocycles. The van der Waals surface area contributed by atoms with Gasteiger partial charge in [0.25, 0.3) is 0 Å². The van der Waals surface area contributed by atoms with Gasteiger partial charge in [-0.15, -0.1) is 0 Å². The summed E-state index contributed by atoms with van der Waals surface area (Å²) in [6.07, 6.45) is 4.48. The highest BCUT2D eigenvalue weighted by Gasteiger charge is 2.08. The van der Waals surface area contributed by atoms with Crippen molar-refractivity contribution in [3.63, 3.8) is 0 Å². The highest BCUT2D eigenvalue weighted by Crippen LogP contribution is 2.12. The van der Waals surface area contributed by atoms with Crippen LogP contribution in [0.2, 0.25) is 0 Å². The molecule has 3 heteroatoms. The molecule has 0 amide bonds. The van der Waals surface area contributed by atoms with E-state index in [-0.39, 0.29) is 0 Å². The Morgan fingerprint density at radius 3 is 2.61 bits per heavy atom. The van der Waals surface area contributed by atoms with E-state index < -0.39 is 6.10 Å². The Labute approximate surface area is 113 Å². The van der Waals surface area contributed by atoms with Gasteiger partial charge in [0.15, 0.2) is 0 Å². The number of hydrogen-bond donors (Lipinski definition) is 2. The van der Waals surface area contributed by atoms with Gasteiger partial charge in [0.2, 0.25) is 0 Å². The van der Waals surface area contributed by atoms with E-state index in [0.29, 0.717) is 19.1 Å². The zero-order valence-electron chi connectivity index (χ0n) is 12.4. The minimum atomic E-state index is -0.423. The second kappa shape index (κ2) is 11.7. The lowest BCUT2D eigenvalue weighted by molar-refractivity contribution is 0.0197. The molecule has 0 radical (unpaired) electrons. The third kappa shape index (κ3) is 10.8. The van der Waals surface area contributed by atoms with Crippen LogP contribution in [0.3, 0.4) is 0 Å². The first kappa shape index (κ1) is 17.6. The third-order valence-corrected chi connectivity index (χ3v) is 3.01. The van der Waals surface area contributed by atoms with Crippen LogP contribution in [0.15, 0.2) is 12.2 Å². The Morgan fingerprint density at radius 1 is 1.33 bits per heavy atom. The smallest absolute Gasteiger partial charge is 0.0897 e. The summed E-state index contributed by atoms with van der Waals surface area (Å²) >= 11 is 0. The average Bonchev–Trinajstić information content (AvgIpc) is 2.33. The first-order valence-corrected chi connectivity index (χ1v) is 7.21. The van der Waals surface area contributed by atoms with Crippen molar-refractivity contribution in [2.45, 2.75) is 52.6 Å². The van der Waals surface area contributed by atoms with Crippen LogP contribution in [0.4, 0.5) is 0 Å². The van der Waals surface area contributed by atoms with E-state index in [9.17, 15) is 5.11 Å². The van der Waals surface area contributed by atoms with Crippen LogP contribution >= 0.6 is 0 Å². The van der Waals surface area contributed by atoms with Gasteiger partial charge in [-0.25, -0.2) is 0 Å². The van der Waals surface area contributed by atoms with Crippen molar-refractivity contribution < 1.29 is 9.84 Å². The second-order valence-corrected chi connectivity index (χ2v) is 5.20. The molecular weight excluding hydrogens is 226 g/mol. The highest BCUT2D eigenvalue weighted by molar-refractivity contribution is 4.90. The number of rotatable bonds is 12. The lowest BCUT2D eigenvalue weighted by atomic mass is 10.0. The van der Waals surface area contributed by atoms with E-state index >= 15 is 0 Å². The molecule has 0 aromatic rings. The monoisotopic (exact) mass is 257 g/mol. The van der Waals surface area contributed by atoms with E-state index in [4.69, 9.17) is 4.74 Å². The van der Waals surface area contributed by atoms with Gasteiger partial charge in [-0.3, -0.25) is 0 Å². The van der Waals surface area contributed by atoms with Gasteiger partial charge in [0, 0.05) is 19.7 Å². The number of unbranched alkanes of at least 4 members (excludes halogenated alkanes) is 1. The molecule has 0 rings (SSSR count). The molecule has 0 aromatic carbocycles. The lowest BCUT2D eigenvalue weighted by Gasteiger charge is -2.17. The van der Waals surface area contributed by atoms with Crippen molar-refractivity contribution in [1.82, 2.24) is 5.32 Å². The largest absolute Gasteiger partial charge is 0.389 e. The molecule has 0 fully saturated rings. The van der Waals surface area contributed by atoms with Crippen molar-refractivity contribution in [1.29, 1.82) is 0 Å². The molecule has 2 atom stereocenters. The minimum absolute atomic E-state index is 0.422. The standard InChI is InChI=1S/C15H31NO2/c1-5-7-8-14(6-2)11-18-12-15(17)10-16-9-13(3)4/h14-17H,3,5-12H2,1-2,4H3. The van der Waals surface area contributed by atoms with Gasteiger partial charge >= 0.3 is 0 Å². The molecule has 0 aliphatic rings. The molecule has 3 nitrogen and oxygen atoms in total. The van der Waals surface area contributed by atoms with E-state index in [0.717, 1.165) is 25.1 Å². The fraction of sp³-hybridized carbons (Fsp3) is 0.867. The normalized spacial score (nSPS) is 14.4. The topological polar surface area (TPSA) is 41.5 Å². The minimum Gasteiger partial charge on any atom is -0.389 e. The number of hydrogen-bond acceptors (Lipinski definition) is 3. The molecule has 0 aliphatic heterocycles. The molecule has 2 unspecified atom stereocenters. The molecule has 0 bridgehead atoms. The van der Waals surface area contributed by atoms with Gasteiger partial charge in [0.1, 0.15) is 0 Å². The molecule has 18 heavy (non-hydrogen) atoms. The molecule has 2 N–H and O–H groups in total. The predicted molar refractivity (Wildman–Crippen MR) is 77.8 cm³/mol. The molecule has 0 saturated heterocycles. The summed E-state index contributed by atoms with van der Waals surface area (Å²) in [5.74, 6) is 0.639. The van der Waals surface area contributed by atoms with E-state index in [1.54, 1.807) is 0 Å². The van der Waals surface area contributed by atoms with Gasteiger partial charge < -0.3 is 15.2 Å². The Morgan fingerprint density at radius 2 is 2.06 bits per heavy atom. The maximum Gasteiger partial charge on any atom is 0.0897 e. The Kier molecular flexibility index (Phi) is 11.4. The van der Waals surface area contributed by atoms with Gasteiger partial charge in [-0.1, -0.05) is 45.3 Å². The van der Waals surface area contributed by atoms with Crippen LogP contribution in [-0.4, -0.2) is 37.5 Å². The molecule has 108 valence electrons. The number of aliphatic hydroxyl groups is 1. The zero-order chi connectivity index (χ0) is 13.8. The summed E-state index contributed by atoms with van der Waals surface area (Å²) in [4.78, 5) is 0. The van der Waals surface area contributed by atoms with Crippen molar-refractivity contribution >= 4 is 0 Å². The summed E-state index contributed by atoms with van der Waals surface area (Å²) in [5.41, 5.74) is 1.08. The van der Waals surface area contributed by atoms with Crippen LogP contribution in [0, 0.1) is 5.92 Å². The van der Waals surface area contributed by atoms with Crippen LogP contribution in [0.25, 0.3) is 0 Å². The molecular formula is C15H31NO2. The first-order valence-electron chi connectivity index (χ1n) is 7.21. The second-order valence-electron chi connectivity index (χ2n) is 5.20. The number of nitrogens with one attached hydrogen (secondary N) is 1. The van der Waals surface area contributed by atoms with Crippen LogP contribution in [0.5, 0.6) is 0 Å². The summed E-state index contributed by atoms with van der Waals surface area (Å²) in [6.45, 7) is 12.7. The highest BCUT2D eigenvalue weighted by atomic mass is 16.5. The molecule has 0 aliphatic carbocycles. The lowest BCUT2D eigenvalue weighted by Crippen LogP contribution is -2.31. The Bertz CT molecular complexity index is 207. The molecule has 0 heterocycles. The number of aliphatic hydroxyl groups excluding tert-OH is 1. The van der Waals surface area contributed by atoms with Gasteiger partial charge in [-0.05, 0) is 19.3 Å². The van der Waals surface area contributed by atoms with Crippen molar-refractivity contribution in [3.05, 3.63) is 12.2 Å². The molecule has 0 spiro atoms. The Balaban J connectivity index is 3.52. The SMILES string of the molecule is C=C(C)CNCC(O)COCC(CC)CCCC. The number of ether oxygens (including phenoxy) is 1. The van der Waals surface area contributed by atoms with E-state index in [2.05, 4.69) is 25.7 Å². The van der Waals surface area contributed by atoms with Crippen LogP contribution < -0.4 is 5.32 Å². The van der Waals surface area contributed by atoms with Gasteiger partial charge in [-0.2, -0.15) is 0 Å². The van der Waals surface area contributed by atoms with Gasteiger partial charge in [0.05, 0.1) is 12.7 Å². The van der Waals surface area contributed by atoms with Crippen LogP contribution in [-0.2, 0) is 4.74 Å². The molecule has 0 aromatic heterocycles.